The van der Waals surface area contributed by atoms with Crippen molar-refractivity contribution in [2.75, 3.05) is 13.2 Å². The highest BCUT2D eigenvalue weighted by Gasteiger charge is 2.27. The van der Waals surface area contributed by atoms with E-state index in [1.165, 1.54) is 6.07 Å². The molecule has 0 aliphatic carbocycles. The van der Waals surface area contributed by atoms with Gasteiger partial charge in [-0.05, 0) is 18.6 Å². The molecule has 1 aliphatic rings. The fourth-order valence-electron chi connectivity index (χ4n) is 2.40. The van der Waals surface area contributed by atoms with Gasteiger partial charge in [0, 0.05) is 17.0 Å². The lowest BCUT2D eigenvalue weighted by molar-refractivity contribution is -0.206. The maximum atomic E-state index is 13.9. The molecule has 0 saturated carbocycles. The number of alkyl halides is 3. The summed E-state index contributed by atoms with van der Waals surface area (Å²) >= 11 is 0. The molecule has 1 heterocycles. The van der Waals surface area contributed by atoms with Crippen LogP contribution in [0.4, 0.5) is 22.0 Å². The Hall–Kier alpha value is -1.47. The van der Waals surface area contributed by atoms with Crippen LogP contribution in [0.15, 0.2) is 24.3 Å². The molecule has 0 radical (unpaired) electrons. The highest BCUT2D eigenvalue weighted by atomic mass is 19.4. The average molecular weight is 336 g/mol. The van der Waals surface area contributed by atoms with Crippen LogP contribution in [0.3, 0.4) is 0 Å². The molecular weight excluding hydrogens is 319 g/mol. The standard InChI is InChI=1S/C16H17F5O2/c1-2-3-10-8-22-15(23-9-10)11-4-5-12(13(17)6-11)14(18)7-16(19,20)21/h4-7,10,15H,2-3,8-9H2,1H3. The van der Waals surface area contributed by atoms with Crippen LogP contribution in [0.1, 0.15) is 37.2 Å². The summed E-state index contributed by atoms with van der Waals surface area (Å²) in [6.45, 7) is 2.97. The minimum absolute atomic E-state index is 0.271. The molecule has 0 unspecified atom stereocenters. The number of allylic oxidation sites excluding steroid dienone is 1. The van der Waals surface area contributed by atoms with Gasteiger partial charge in [-0.2, -0.15) is 13.2 Å². The number of benzene rings is 1. The van der Waals surface area contributed by atoms with Crippen molar-refractivity contribution in [1.29, 1.82) is 0 Å². The predicted molar refractivity (Wildman–Crippen MR) is 74.6 cm³/mol. The second-order valence-corrected chi connectivity index (χ2v) is 5.43. The van der Waals surface area contributed by atoms with Crippen molar-refractivity contribution in [2.45, 2.75) is 32.2 Å². The molecule has 0 aromatic heterocycles. The van der Waals surface area contributed by atoms with Crippen molar-refractivity contribution in [3.05, 3.63) is 41.2 Å². The topological polar surface area (TPSA) is 18.5 Å². The molecule has 1 fully saturated rings. The van der Waals surface area contributed by atoms with Gasteiger partial charge in [0.1, 0.15) is 11.6 Å². The minimum atomic E-state index is -4.85. The normalized spacial score (nSPS) is 23.1. The third-order valence-corrected chi connectivity index (χ3v) is 3.48. The van der Waals surface area contributed by atoms with Gasteiger partial charge in [0.25, 0.3) is 0 Å². The molecule has 0 atom stereocenters. The monoisotopic (exact) mass is 336 g/mol. The Labute approximate surface area is 130 Å². The van der Waals surface area contributed by atoms with E-state index in [2.05, 4.69) is 0 Å². The third kappa shape index (κ3) is 5.00. The van der Waals surface area contributed by atoms with Crippen molar-refractivity contribution in [2.24, 2.45) is 5.92 Å². The fourth-order valence-corrected chi connectivity index (χ4v) is 2.40. The van der Waals surface area contributed by atoms with Crippen molar-refractivity contribution in [3.8, 4) is 0 Å². The van der Waals surface area contributed by atoms with Gasteiger partial charge in [-0.25, -0.2) is 8.78 Å². The molecule has 2 nitrogen and oxygen atoms in total. The van der Waals surface area contributed by atoms with E-state index in [0.717, 1.165) is 25.0 Å². The summed E-state index contributed by atoms with van der Waals surface area (Å²) in [5, 5.41) is 0. The Morgan fingerprint density at radius 2 is 1.91 bits per heavy atom. The van der Waals surface area contributed by atoms with E-state index < -0.39 is 35.7 Å². The Balaban J connectivity index is 2.10. The molecule has 23 heavy (non-hydrogen) atoms. The van der Waals surface area contributed by atoms with Crippen LogP contribution < -0.4 is 0 Å². The lowest BCUT2D eigenvalue weighted by atomic mass is 10.0. The first-order valence-electron chi connectivity index (χ1n) is 7.28. The summed E-state index contributed by atoms with van der Waals surface area (Å²) in [5.41, 5.74) is -0.438. The van der Waals surface area contributed by atoms with Gasteiger partial charge in [-0.15, -0.1) is 0 Å². The second-order valence-electron chi connectivity index (χ2n) is 5.43. The van der Waals surface area contributed by atoms with Gasteiger partial charge < -0.3 is 9.47 Å². The van der Waals surface area contributed by atoms with Crippen LogP contribution >= 0.6 is 0 Å². The first kappa shape index (κ1) is 17.9. The minimum Gasteiger partial charge on any atom is -0.348 e. The Morgan fingerprint density at radius 1 is 1.26 bits per heavy atom. The highest BCUT2D eigenvalue weighted by molar-refractivity contribution is 5.60. The maximum absolute atomic E-state index is 13.9. The van der Waals surface area contributed by atoms with Crippen LogP contribution in [-0.2, 0) is 9.47 Å². The van der Waals surface area contributed by atoms with Crippen molar-refractivity contribution < 1.29 is 31.4 Å². The first-order chi connectivity index (χ1) is 10.8. The van der Waals surface area contributed by atoms with Gasteiger partial charge in [-0.3, -0.25) is 0 Å². The quantitative estimate of drug-likeness (QED) is 0.707. The second kappa shape index (κ2) is 7.40. The number of ether oxygens (including phenoxy) is 2. The van der Waals surface area contributed by atoms with Gasteiger partial charge >= 0.3 is 6.18 Å². The molecule has 0 bridgehead atoms. The first-order valence-corrected chi connectivity index (χ1v) is 7.28. The molecular formula is C16H17F5O2. The molecule has 2 rings (SSSR count). The van der Waals surface area contributed by atoms with Gasteiger partial charge in [0.2, 0.25) is 0 Å². The zero-order valence-corrected chi connectivity index (χ0v) is 12.5. The average Bonchev–Trinajstić information content (AvgIpc) is 2.46. The van der Waals surface area contributed by atoms with Gasteiger partial charge in [0.05, 0.1) is 19.3 Å². The summed E-state index contributed by atoms with van der Waals surface area (Å²) in [6.07, 6.45) is -4.27. The largest absolute Gasteiger partial charge is 0.412 e. The molecule has 0 N–H and O–H groups in total. The summed E-state index contributed by atoms with van der Waals surface area (Å²) in [4.78, 5) is 0. The smallest absolute Gasteiger partial charge is 0.348 e. The van der Waals surface area contributed by atoms with E-state index in [-0.39, 0.29) is 5.92 Å². The van der Waals surface area contributed by atoms with Gasteiger partial charge in [-0.1, -0.05) is 19.4 Å². The molecule has 1 aromatic carbocycles. The number of halogens is 5. The maximum Gasteiger partial charge on any atom is 0.412 e. The van der Waals surface area contributed by atoms with Gasteiger partial charge in [0.15, 0.2) is 6.29 Å². The zero-order valence-electron chi connectivity index (χ0n) is 12.5. The van der Waals surface area contributed by atoms with E-state index in [0.29, 0.717) is 18.8 Å². The fraction of sp³-hybridized carbons (Fsp3) is 0.500. The van der Waals surface area contributed by atoms with Crippen LogP contribution in [-0.4, -0.2) is 19.4 Å². The summed E-state index contributed by atoms with van der Waals surface area (Å²) in [6, 6.07) is 3.18. The van der Waals surface area contributed by atoms with Crippen molar-refractivity contribution in [1.82, 2.24) is 0 Å². The summed E-state index contributed by atoms with van der Waals surface area (Å²) < 4.78 is 74.6. The Bertz CT molecular complexity index is 560. The zero-order chi connectivity index (χ0) is 17.0. The van der Waals surface area contributed by atoms with Crippen molar-refractivity contribution >= 4 is 5.83 Å². The van der Waals surface area contributed by atoms with Crippen LogP contribution in [0.5, 0.6) is 0 Å². The third-order valence-electron chi connectivity index (χ3n) is 3.48. The number of hydrogen-bond acceptors (Lipinski definition) is 2. The lowest BCUT2D eigenvalue weighted by Crippen LogP contribution is -2.27. The van der Waals surface area contributed by atoms with E-state index >= 15 is 0 Å². The van der Waals surface area contributed by atoms with Crippen molar-refractivity contribution in [3.63, 3.8) is 0 Å². The summed E-state index contributed by atoms with van der Waals surface area (Å²) in [5.74, 6) is -2.49. The Kier molecular flexibility index (Phi) is 5.75. The highest BCUT2D eigenvalue weighted by Crippen LogP contribution is 2.31. The SMILES string of the molecule is CCCC1COC(c2ccc(C(F)=CC(F)(F)F)c(F)c2)OC1. The van der Waals surface area contributed by atoms with E-state index in [4.69, 9.17) is 9.47 Å². The molecule has 1 saturated heterocycles. The predicted octanol–water partition coefficient (Wildman–Crippen LogP) is 5.16. The van der Waals surface area contributed by atoms with E-state index in [9.17, 15) is 22.0 Å². The van der Waals surface area contributed by atoms with Crippen LogP contribution in [0.2, 0.25) is 0 Å². The van der Waals surface area contributed by atoms with Crippen LogP contribution in [0.25, 0.3) is 5.83 Å². The summed E-state index contributed by atoms with van der Waals surface area (Å²) in [7, 11) is 0. The number of hydrogen-bond donors (Lipinski definition) is 0. The molecule has 128 valence electrons. The van der Waals surface area contributed by atoms with Crippen LogP contribution in [0, 0.1) is 11.7 Å². The Morgan fingerprint density at radius 3 is 2.43 bits per heavy atom. The molecule has 0 amide bonds. The molecule has 0 spiro atoms. The van der Waals surface area contributed by atoms with E-state index in [1.807, 2.05) is 6.92 Å². The molecule has 7 heteroatoms. The molecule has 1 aromatic rings. The molecule has 1 aliphatic heterocycles. The lowest BCUT2D eigenvalue weighted by Gasteiger charge is -2.29. The number of rotatable bonds is 4. The van der Waals surface area contributed by atoms with E-state index in [1.54, 1.807) is 0 Å².